The molecule has 0 aromatic carbocycles. The number of rotatable bonds is 1. The van der Waals surface area contributed by atoms with Crippen molar-refractivity contribution < 1.29 is 15.0 Å². The third-order valence-electron chi connectivity index (χ3n) is 3.02. The van der Waals surface area contributed by atoms with Crippen LogP contribution in [-0.4, -0.2) is 46.4 Å². The predicted octanol–water partition coefficient (Wildman–Crippen LogP) is 0.331. The molecule has 1 saturated heterocycles. The van der Waals surface area contributed by atoms with Crippen LogP contribution in [0.25, 0.3) is 0 Å². The summed E-state index contributed by atoms with van der Waals surface area (Å²) in [5, 5.41) is 18.8. The summed E-state index contributed by atoms with van der Waals surface area (Å²) in [5.74, 6) is -0.166. The van der Waals surface area contributed by atoms with Gasteiger partial charge in [0.2, 0.25) is 0 Å². The maximum absolute atomic E-state index is 11.0. The molecule has 0 aromatic rings. The second-order valence-corrected chi connectivity index (χ2v) is 5.21. The molecule has 0 aliphatic carbocycles. The molecule has 0 radical (unpaired) electrons. The lowest BCUT2D eigenvalue weighted by molar-refractivity contribution is 0.0885. The fourth-order valence-corrected chi connectivity index (χ4v) is 2.48. The van der Waals surface area contributed by atoms with Crippen molar-refractivity contribution in [3.63, 3.8) is 0 Å². The molecule has 1 heterocycles. The molecule has 1 amide bonds. The molecule has 5 heteroatoms. The number of likely N-dealkylation sites (tertiary alicyclic amines) is 1. The minimum atomic E-state index is -0.982. The lowest BCUT2D eigenvalue weighted by atomic mass is 9.79. The Balaban J connectivity index is 2.97. The van der Waals surface area contributed by atoms with Gasteiger partial charge in [-0.1, -0.05) is 20.8 Å². The third-order valence-corrected chi connectivity index (χ3v) is 3.02. The molecule has 15 heavy (non-hydrogen) atoms. The molecule has 1 fully saturated rings. The first-order valence-corrected chi connectivity index (χ1v) is 5.16. The van der Waals surface area contributed by atoms with Crippen molar-refractivity contribution in [2.24, 2.45) is 17.1 Å². The summed E-state index contributed by atoms with van der Waals surface area (Å²) in [4.78, 5) is 12.3. The van der Waals surface area contributed by atoms with Gasteiger partial charge in [-0.15, -0.1) is 0 Å². The number of aliphatic hydroxyl groups is 1. The van der Waals surface area contributed by atoms with Crippen LogP contribution in [0, 0.1) is 11.3 Å². The molecule has 0 saturated carbocycles. The number of hydrogen-bond donors (Lipinski definition) is 3. The van der Waals surface area contributed by atoms with Gasteiger partial charge in [0.05, 0.1) is 12.6 Å². The van der Waals surface area contributed by atoms with Gasteiger partial charge < -0.3 is 20.8 Å². The molecule has 1 rings (SSSR count). The van der Waals surface area contributed by atoms with Gasteiger partial charge in [0.1, 0.15) is 0 Å². The minimum Gasteiger partial charge on any atom is -0.465 e. The van der Waals surface area contributed by atoms with Crippen LogP contribution in [0.3, 0.4) is 0 Å². The highest BCUT2D eigenvalue weighted by Gasteiger charge is 2.47. The van der Waals surface area contributed by atoms with Crippen molar-refractivity contribution in [2.45, 2.75) is 32.9 Å². The van der Waals surface area contributed by atoms with E-state index in [1.54, 1.807) is 0 Å². The monoisotopic (exact) mass is 216 g/mol. The van der Waals surface area contributed by atoms with E-state index in [0.29, 0.717) is 6.54 Å². The van der Waals surface area contributed by atoms with Crippen molar-refractivity contribution in [3.8, 4) is 0 Å². The Labute approximate surface area is 89.9 Å². The minimum absolute atomic E-state index is 0.166. The molecule has 0 spiro atoms. The first-order valence-electron chi connectivity index (χ1n) is 5.16. The van der Waals surface area contributed by atoms with Crippen molar-refractivity contribution in [3.05, 3.63) is 0 Å². The van der Waals surface area contributed by atoms with E-state index in [9.17, 15) is 9.90 Å². The fraction of sp³-hybridized carbons (Fsp3) is 0.900. The van der Waals surface area contributed by atoms with Crippen LogP contribution in [0.15, 0.2) is 0 Å². The van der Waals surface area contributed by atoms with Gasteiger partial charge in [-0.05, 0) is 12.0 Å². The molecule has 1 aliphatic heterocycles. The summed E-state index contributed by atoms with van der Waals surface area (Å²) < 4.78 is 0. The number of carbonyl (C=O) groups is 1. The summed E-state index contributed by atoms with van der Waals surface area (Å²) in [7, 11) is 0. The van der Waals surface area contributed by atoms with Crippen LogP contribution in [0.1, 0.15) is 20.8 Å². The summed E-state index contributed by atoms with van der Waals surface area (Å²) in [5.41, 5.74) is 5.39. The second kappa shape index (κ2) is 3.98. The molecule has 4 N–H and O–H groups in total. The molecule has 0 bridgehead atoms. The Kier molecular flexibility index (Phi) is 3.25. The summed E-state index contributed by atoms with van der Waals surface area (Å²) in [6.07, 6.45) is -1.62. The summed E-state index contributed by atoms with van der Waals surface area (Å²) in [6.45, 7) is 6.38. The zero-order chi connectivity index (χ0) is 11.8. The van der Waals surface area contributed by atoms with Gasteiger partial charge >= 0.3 is 6.09 Å². The Hall–Kier alpha value is -0.810. The largest absolute Gasteiger partial charge is 0.465 e. The van der Waals surface area contributed by atoms with E-state index in [2.05, 4.69) is 0 Å². The van der Waals surface area contributed by atoms with Crippen LogP contribution in [0.2, 0.25) is 0 Å². The summed E-state index contributed by atoms with van der Waals surface area (Å²) >= 11 is 0. The highest BCUT2D eigenvalue weighted by molar-refractivity contribution is 5.66. The smallest absolute Gasteiger partial charge is 0.407 e. The Morgan fingerprint density at radius 2 is 2.07 bits per heavy atom. The molecule has 3 unspecified atom stereocenters. The summed E-state index contributed by atoms with van der Waals surface area (Å²) in [6, 6.07) is -0.213. The number of hydrogen-bond acceptors (Lipinski definition) is 3. The number of aliphatic hydroxyl groups excluding tert-OH is 1. The van der Waals surface area contributed by atoms with Gasteiger partial charge in [-0.3, -0.25) is 0 Å². The second-order valence-electron chi connectivity index (χ2n) is 5.21. The maximum Gasteiger partial charge on any atom is 0.407 e. The highest BCUT2D eigenvalue weighted by Crippen LogP contribution is 2.36. The van der Waals surface area contributed by atoms with E-state index in [1.165, 1.54) is 4.90 Å². The SMILES string of the molecule is CC(C)(C)C1C(CN)C(O)CN1C(=O)O. The van der Waals surface area contributed by atoms with Crippen LogP contribution in [0.5, 0.6) is 0 Å². The first-order chi connectivity index (χ1) is 6.79. The molecule has 5 nitrogen and oxygen atoms in total. The molecular formula is C10H20N2O3. The van der Waals surface area contributed by atoms with Gasteiger partial charge in [0.25, 0.3) is 0 Å². The Morgan fingerprint density at radius 3 is 2.40 bits per heavy atom. The fourth-order valence-electron chi connectivity index (χ4n) is 2.48. The van der Waals surface area contributed by atoms with Crippen LogP contribution in [0.4, 0.5) is 4.79 Å². The standard InChI is InChI=1S/C10H20N2O3/c1-10(2,3)8-6(4-11)7(13)5-12(8)9(14)15/h6-8,13H,4-5,11H2,1-3H3,(H,14,15). The Morgan fingerprint density at radius 1 is 1.53 bits per heavy atom. The zero-order valence-corrected chi connectivity index (χ0v) is 9.47. The molecule has 1 aliphatic rings. The van der Waals surface area contributed by atoms with E-state index in [4.69, 9.17) is 10.8 Å². The number of nitrogens with two attached hydrogens (primary N) is 1. The molecule has 0 aromatic heterocycles. The first kappa shape index (κ1) is 12.3. The van der Waals surface area contributed by atoms with Crippen molar-refractivity contribution in [2.75, 3.05) is 13.1 Å². The van der Waals surface area contributed by atoms with E-state index in [-0.39, 0.29) is 23.9 Å². The number of nitrogens with zero attached hydrogens (tertiary/aromatic N) is 1. The molecule has 3 atom stereocenters. The van der Waals surface area contributed by atoms with Crippen LogP contribution in [-0.2, 0) is 0 Å². The van der Waals surface area contributed by atoms with E-state index in [0.717, 1.165) is 0 Å². The van der Waals surface area contributed by atoms with Crippen molar-refractivity contribution >= 4 is 6.09 Å². The third kappa shape index (κ3) is 2.23. The lowest BCUT2D eigenvalue weighted by Crippen LogP contribution is -2.47. The van der Waals surface area contributed by atoms with Gasteiger partial charge in [-0.25, -0.2) is 4.79 Å². The topological polar surface area (TPSA) is 86.8 Å². The van der Waals surface area contributed by atoms with Gasteiger partial charge in [-0.2, -0.15) is 0 Å². The van der Waals surface area contributed by atoms with E-state index in [1.807, 2.05) is 20.8 Å². The Bertz CT molecular complexity index is 250. The van der Waals surface area contributed by atoms with Crippen molar-refractivity contribution in [1.29, 1.82) is 0 Å². The van der Waals surface area contributed by atoms with Gasteiger partial charge in [0.15, 0.2) is 0 Å². The molecule has 88 valence electrons. The number of β-amino-alcohol motifs (C(OH)–C–C–N with tert-alkyl or cyclic N) is 1. The quantitative estimate of drug-likeness (QED) is 0.589. The van der Waals surface area contributed by atoms with E-state index < -0.39 is 12.2 Å². The van der Waals surface area contributed by atoms with E-state index >= 15 is 0 Å². The maximum atomic E-state index is 11.0. The predicted molar refractivity (Wildman–Crippen MR) is 56.5 cm³/mol. The molecular weight excluding hydrogens is 196 g/mol. The average molecular weight is 216 g/mol. The number of carboxylic acid groups (broad SMARTS) is 1. The van der Waals surface area contributed by atoms with Gasteiger partial charge in [0, 0.05) is 12.0 Å². The highest BCUT2D eigenvalue weighted by atomic mass is 16.4. The normalized spacial score (nSPS) is 32.1. The number of amides is 1. The lowest BCUT2D eigenvalue weighted by Gasteiger charge is -2.36. The zero-order valence-electron chi connectivity index (χ0n) is 9.47. The van der Waals surface area contributed by atoms with Crippen molar-refractivity contribution in [1.82, 2.24) is 4.90 Å². The average Bonchev–Trinajstić information content (AvgIpc) is 2.41. The van der Waals surface area contributed by atoms with Crippen LogP contribution >= 0.6 is 0 Å². The van der Waals surface area contributed by atoms with Crippen LogP contribution < -0.4 is 5.73 Å².